The largest absolute Gasteiger partial charge is 0.497 e. The second kappa shape index (κ2) is 7.31. The number of methoxy groups -OCH3 is 2. The highest BCUT2D eigenvalue weighted by molar-refractivity contribution is 5.97. The van der Waals surface area contributed by atoms with Gasteiger partial charge in [0.05, 0.1) is 19.8 Å². The summed E-state index contributed by atoms with van der Waals surface area (Å²) in [5.41, 5.74) is 6.18. The molecule has 21 heavy (non-hydrogen) atoms. The molecule has 0 saturated heterocycles. The van der Waals surface area contributed by atoms with Crippen LogP contribution in [0.15, 0.2) is 18.2 Å². The van der Waals surface area contributed by atoms with Gasteiger partial charge in [0.1, 0.15) is 11.5 Å². The Kier molecular flexibility index (Phi) is 5.44. The number of hydrogen-bond acceptors (Lipinski definition) is 4. The van der Waals surface area contributed by atoms with Gasteiger partial charge < -0.3 is 20.1 Å². The van der Waals surface area contributed by atoms with E-state index < -0.39 is 0 Å². The Morgan fingerprint density at radius 2 is 2.10 bits per heavy atom. The third kappa shape index (κ3) is 3.47. The van der Waals surface area contributed by atoms with Gasteiger partial charge in [-0.3, -0.25) is 4.79 Å². The predicted molar refractivity (Wildman–Crippen MR) is 81.9 cm³/mol. The first-order chi connectivity index (χ1) is 10.2. The maximum atomic E-state index is 12.8. The number of nitrogens with zero attached hydrogens (tertiary/aromatic N) is 1. The summed E-state index contributed by atoms with van der Waals surface area (Å²) >= 11 is 0. The Labute approximate surface area is 126 Å². The second-order valence-electron chi connectivity index (χ2n) is 5.29. The van der Waals surface area contributed by atoms with Crippen LogP contribution in [0.3, 0.4) is 0 Å². The molecule has 2 N–H and O–H groups in total. The van der Waals surface area contributed by atoms with E-state index in [-0.39, 0.29) is 5.91 Å². The second-order valence-corrected chi connectivity index (χ2v) is 5.29. The Morgan fingerprint density at radius 3 is 2.62 bits per heavy atom. The van der Waals surface area contributed by atoms with Crippen molar-refractivity contribution in [1.29, 1.82) is 0 Å². The molecule has 1 aromatic rings. The van der Waals surface area contributed by atoms with Crippen molar-refractivity contribution in [3.8, 4) is 11.5 Å². The zero-order valence-corrected chi connectivity index (χ0v) is 12.8. The van der Waals surface area contributed by atoms with E-state index in [1.54, 1.807) is 32.4 Å². The van der Waals surface area contributed by atoms with E-state index in [1.807, 2.05) is 4.90 Å². The molecule has 1 aliphatic rings. The van der Waals surface area contributed by atoms with Crippen LogP contribution in [0.4, 0.5) is 0 Å². The molecule has 0 atom stereocenters. The molecular formula is C16H24N2O3. The van der Waals surface area contributed by atoms with E-state index in [0.29, 0.717) is 36.2 Å². The molecule has 1 saturated carbocycles. The Morgan fingerprint density at radius 1 is 1.33 bits per heavy atom. The Hall–Kier alpha value is -1.75. The lowest BCUT2D eigenvalue weighted by molar-refractivity contribution is 0.0575. The van der Waals surface area contributed by atoms with Crippen molar-refractivity contribution in [1.82, 2.24) is 4.90 Å². The van der Waals surface area contributed by atoms with Gasteiger partial charge in [-0.15, -0.1) is 0 Å². The lowest BCUT2D eigenvalue weighted by Gasteiger charge is -2.38. The Bertz CT molecular complexity index is 486. The van der Waals surface area contributed by atoms with Crippen LogP contribution in [0.25, 0.3) is 0 Å². The molecule has 0 bridgehead atoms. The smallest absolute Gasteiger partial charge is 0.257 e. The SMILES string of the molecule is COc1ccc(C(=O)N(CCCN)C2CCC2)c(OC)c1. The normalized spacial score (nSPS) is 14.4. The number of amides is 1. The van der Waals surface area contributed by atoms with Crippen molar-refractivity contribution in [3.05, 3.63) is 23.8 Å². The van der Waals surface area contributed by atoms with E-state index in [0.717, 1.165) is 19.3 Å². The van der Waals surface area contributed by atoms with Crippen molar-refractivity contribution in [3.63, 3.8) is 0 Å². The van der Waals surface area contributed by atoms with E-state index in [4.69, 9.17) is 15.2 Å². The molecule has 1 fully saturated rings. The Balaban J connectivity index is 2.22. The fourth-order valence-electron chi connectivity index (χ4n) is 2.54. The minimum absolute atomic E-state index is 0.0210. The molecule has 0 aliphatic heterocycles. The van der Waals surface area contributed by atoms with Crippen LogP contribution >= 0.6 is 0 Å². The lowest BCUT2D eigenvalue weighted by Crippen LogP contribution is -2.45. The maximum Gasteiger partial charge on any atom is 0.257 e. The molecule has 0 radical (unpaired) electrons. The average Bonchev–Trinajstić information content (AvgIpc) is 2.48. The molecule has 5 nitrogen and oxygen atoms in total. The minimum Gasteiger partial charge on any atom is -0.497 e. The third-order valence-electron chi connectivity index (χ3n) is 4.02. The average molecular weight is 292 g/mol. The van der Waals surface area contributed by atoms with Gasteiger partial charge in [-0.25, -0.2) is 0 Å². The number of ether oxygens (including phenoxy) is 2. The standard InChI is InChI=1S/C16H24N2O3/c1-20-13-7-8-14(15(11-13)21-2)16(19)18(10-4-9-17)12-5-3-6-12/h7-8,11-12H,3-6,9-10,17H2,1-2H3. The van der Waals surface area contributed by atoms with Gasteiger partial charge in [-0.2, -0.15) is 0 Å². The number of carbonyl (C=O) groups is 1. The van der Waals surface area contributed by atoms with Gasteiger partial charge in [-0.1, -0.05) is 0 Å². The van der Waals surface area contributed by atoms with Crippen molar-refractivity contribution in [2.75, 3.05) is 27.3 Å². The highest BCUT2D eigenvalue weighted by Crippen LogP contribution is 2.30. The van der Waals surface area contributed by atoms with Crippen molar-refractivity contribution < 1.29 is 14.3 Å². The van der Waals surface area contributed by atoms with Crippen LogP contribution in [-0.4, -0.2) is 44.2 Å². The van der Waals surface area contributed by atoms with Crippen LogP contribution < -0.4 is 15.2 Å². The highest BCUT2D eigenvalue weighted by Gasteiger charge is 2.30. The topological polar surface area (TPSA) is 64.8 Å². The van der Waals surface area contributed by atoms with E-state index >= 15 is 0 Å². The third-order valence-corrected chi connectivity index (χ3v) is 4.02. The van der Waals surface area contributed by atoms with Crippen molar-refractivity contribution in [2.24, 2.45) is 5.73 Å². The van der Waals surface area contributed by atoms with Crippen LogP contribution in [0.2, 0.25) is 0 Å². The van der Waals surface area contributed by atoms with E-state index in [1.165, 1.54) is 6.42 Å². The van der Waals surface area contributed by atoms with Gasteiger partial charge in [-0.05, 0) is 44.4 Å². The first kappa shape index (κ1) is 15.6. The number of rotatable bonds is 7. The first-order valence-corrected chi connectivity index (χ1v) is 7.44. The molecule has 0 heterocycles. The molecule has 116 valence electrons. The summed E-state index contributed by atoms with van der Waals surface area (Å²) in [7, 11) is 3.16. The quantitative estimate of drug-likeness (QED) is 0.835. The molecule has 0 spiro atoms. The minimum atomic E-state index is 0.0210. The summed E-state index contributed by atoms with van der Waals surface area (Å²) in [6.07, 6.45) is 4.17. The molecule has 1 aromatic carbocycles. The molecule has 0 aromatic heterocycles. The molecule has 2 rings (SSSR count). The number of carbonyl (C=O) groups excluding carboxylic acids is 1. The van der Waals surface area contributed by atoms with E-state index in [9.17, 15) is 4.79 Å². The van der Waals surface area contributed by atoms with Gasteiger partial charge in [0.2, 0.25) is 0 Å². The molecular weight excluding hydrogens is 268 g/mol. The van der Waals surface area contributed by atoms with Gasteiger partial charge in [0.15, 0.2) is 0 Å². The lowest BCUT2D eigenvalue weighted by atomic mass is 9.90. The van der Waals surface area contributed by atoms with Gasteiger partial charge in [0, 0.05) is 18.7 Å². The van der Waals surface area contributed by atoms with Crippen molar-refractivity contribution >= 4 is 5.91 Å². The van der Waals surface area contributed by atoms with Crippen LogP contribution in [0.1, 0.15) is 36.0 Å². The van der Waals surface area contributed by atoms with Gasteiger partial charge >= 0.3 is 0 Å². The molecule has 5 heteroatoms. The summed E-state index contributed by atoms with van der Waals surface area (Å²) in [4.78, 5) is 14.8. The summed E-state index contributed by atoms with van der Waals surface area (Å²) in [6.45, 7) is 1.30. The van der Waals surface area contributed by atoms with Crippen LogP contribution in [0, 0.1) is 0 Å². The zero-order valence-electron chi connectivity index (χ0n) is 12.8. The fourth-order valence-corrected chi connectivity index (χ4v) is 2.54. The highest BCUT2D eigenvalue weighted by atomic mass is 16.5. The van der Waals surface area contributed by atoms with Crippen LogP contribution in [0.5, 0.6) is 11.5 Å². The molecule has 0 unspecified atom stereocenters. The monoisotopic (exact) mass is 292 g/mol. The fraction of sp³-hybridized carbons (Fsp3) is 0.562. The zero-order chi connectivity index (χ0) is 15.2. The molecule has 1 aliphatic carbocycles. The number of benzene rings is 1. The van der Waals surface area contributed by atoms with Gasteiger partial charge in [0.25, 0.3) is 5.91 Å². The summed E-state index contributed by atoms with van der Waals surface area (Å²) in [6, 6.07) is 5.65. The summed E-state index contributed by atoms with van der Waals surface area (Å²) in [5, 5.41) is 0. The van der Waals surface area contributed by atoms with Crippen molar-refractivity contribution in [2.45, 2.75) is 31.7 Å². The van der Waals surface area contributed by atoms with E-state index in [2.05, 4.69) is 0 Å². The maximum absolute atomic E-state index is 12.8. The molecule has 1 amide bonds. The van der Waals surface area contributed by atoms with Crippen LogP contribution in [-0.2, 0) is 0 Å². The predicted octanol–water partition coefficient (Wildman–Crippen LogP) is 2.05. The summed E-state index contributed by atoms with van der Waals surface area (Å²) in [5.74, 6) is 1.25. The number of hydrogen-bond donors (Lipinski definition) is 1. The number of nitrogens with two attached hydrogens (primary N) is 1. The summed E-state index contributed by atoms with van der Waals surface area (Å²) < 4.78 is 10.5. The first-order valence-electron chi connectivity index (χ1n) is 7.44.